The maximum absolute atomic E-state index is 12.4. The Morgan fingerprint density at radius 1 is 1.33 bits per heavy atom. The van der Waals surface area contributed by atoms with Gasteiger partial charge in [0.25, 0.3) is 5.91 Å². The van der Waals surface area contributed by atoms with Crippen molar-refractivity contribution in [1.29, 1.82) is 0 Å². The van der Waals surface area contributed by atoms with Crippen LogP contribution in [-0.4, -0.2) is 28.9 Å². The van der Waals surface area contributed by atoms with Crippen molar-refractivity contribution >= 4 is 23.5 Å². The summed E-state index contributed by atoms with van der Waals surface area (Å²) in [5, 5.41) is 6.21. The van der Waals surface area contributed by atoms with Crippen LogP contribution < -0.4 is 5.32 Å². The van der Waals surface area contributed by atoms with Crippen LogP contribution in [0.25, 0.3) is 0 Å². The predicted octanol–water partition coefficient (Wildman–Crippen LogP) is 2.25. The molecule has 7 heteroatoms. The lowest BCUT2D eigenvalue weighted by Gasteiger charge is -2.36. The van der Waals surface area contributed by atoms with Gasteiger partial charge in [0.05, 0.1) is 5.92 Å². The van der Waals surface area contributed by atoms with Crippen LogP contribution in [0.1, 0.15) is 44.8 Å². The Bertz CT molecular complexity index is 637. The molecule has 1 amide bonds. The molecule has 2 fully saturated rings. The lowest BCUT2D eigenvalue weighted by molar-refractivity contribution is -0.161. The van der Waals surface area contributed by atoms with E-state index in [4.69, 9.17) is 9.26 Å². The summed E-state index contributed by atoms with van der Waals surface area (Å²) in [5.74, 6) is 0.00304. The summed E-state index contributed by atoms with van der Waals surface area (Å²) in [7, 11) is 0. The monoisotopic (exact) mass is 334 g/mol. The summed E-state index contributed by atoms with van der Waals surface area (Å²) < 4.78 is 10.2. The first-order valence-corrected chi connectivity index (χ1v) is 8.42. The van der Waals surface area contributed by atoms with E-state index in [1.165, 1.54) is 6.92 Å². The van der Waals surface area contributed by atoms with E-state index < -0.39 is 18.0 Å². The van der Waals surface area contributed by atoms with Gasteiger partial charge in [-0.2, -0.15) is 0 Å². The summed E-state index contributed by atoms with van der Waals surface area (Å²) in [6.07, 6.45) is 2.95. The summed E-state index contributed by atoms with van der Waals surface area (Å²) in [4.78, 5) is 36.5. The second kappa shape index (κ2) is 6.75. The normalized spacial score (nSPS) is 27.4. The number of carbonyl (C=O) groups excluding carboxylic acids is 3. The third-order valence-electron chi connectivity index (χ3n) is 4.92. The molecule has 1 aromatic rings. The van der Waals surface area contributed by atoms with Gasteiger partial charge in [-0.3, -0.25) is 14.4 Å². The van der Waals surface area contributed by atoms with Crippen LogP contribution in [0.2, 0.25) is 0 Å². The Hall–Kier alpha value is -2.18. The van der Waals surface area contributed by atoms with Gasteiger partial charge in [0, 0.05) is 17.9 Å². The topological polar surface area (TPSA) is 98.5 Å². The van der Waals surface area contributed by atoms with Gasteiger partial charge in [-0.25, -0.2) is 0 Å². The molecule has 2 saturated carbocycles. The number of amides is 1. The smallest absolute Gasteiger partial charge is 0.309 e. The Labute approximate surface area is 140 Å². The first-order chi connectivity index (χ1) is 11.4. The van der Waals surface area contributed by atoms with E-state index in [1.54, 1.807) is 13.0 Å². The van der Waals surface area contributed by atoms with Crippen LogP contribution >= 0.6 is 0 Å². The van der Waals surface area contributed by atoms with Crippen LogP contribution in [0, 0.1) is 24.7 Å². The van der Waals surface area contributed by atoms with Crippen molar-refractivity contribution in [3.63, 3.8) is 0 Å². The molecule has 2 bridgehead atoms. The largest absolute Gasteiger partial charge is 0.452 e. The molecule has 7 nitrogen and oxygen atoms in total. The number of rotatable bonds is 4. The highest BCUT2D eigenvalue weighted by atomic mass is 16.5. The zero-order valence-corrected chi connectivity index (χ0v) is 13.9. The molecule has 1 N–H and O–H groups in total. The Balaban J connectivity index is 1.54. The molecule has 0 aliphatic heterocycles. The number of esters is 1. The average molecular weight is 334 g/mol. The van der Waals surface area contributed by atoms with Gasteiger partial charge in [-0.15, -0.1) is 0 Å². The summed E-state index contributed by atoms with van der Waals surface area (Å²) >= 11 is 0. The Morgan fingerprint density at radius 3 is 2.58 bits per heavy atom. The summed E-state index contributed by atoms with van der Waals surface area (Å²) in [6.45, 7) is 3.24. The molecule has 0 saturated heterocycles. The second-order valence-electron chi connectivity index (χ2n) is 6.79. The minimum atomic E-state index is -0.924. The number of anilines is 1. The quantitative estimate of drug-likeness (QED) is 0.848. The standard InChI is InChI=1S/C17H22N2O5/c1-9-6-14(19-24-9)18-16(21)10(2)23-17(22)13-7-11-4-3-5-12(8-13)15(11)20/h6,10-13H,3-5,7-8H2,1-2H3,(H,18,19,21)/t10-,11-,12+,13?/m1/s1. The van der Waals surface area contributed by atoms with Crippen molar-refractivity contribution in [2.75, 3.05) is 5.32 Å². The van der Waals surface area contributed by atoms with E-state index in [9.17, 15) is 14.4 Å². The molecule has 130 valence electrons. The minimum Gasteiger partial charge on any atom is -0.452 e. The zero-order chi connectivity index (χ0) is 17.3. The fraction of sp³-hybridized carbons (Fsp3) is 0.647. The number of fused-ring (bicyclic) bond motifs is 2. The van der Waals surface area contributed by atoms with Gasteiger partial charge < -0.3 is 14.6 Å². The van der Waals surface area contributed by atoms with E-state index >= 15 is 0 Å². The van der Waals surface area contributed by atoms with Gasteiger partial charge in [0.15, 0.2) is 11.9 Å². The van der Waals surface area contributed by atoms with E-state index in [-0.39, 0.29) is 23.6 Å². The molecular weight excluding hydrogens is 312 g/mol. The van der Waals surface area contributed by atoms with Crippen LogP contribution in [0.3, 0.4) is 0 Å². The van der Waals surface area contributed by atoms with Gasteiger partial charge >= 0.3 is 5.97 Å². The number of Topliss-reactive ketones (excluding diaryl/α,β-unsaturated/α-hetero) is 1. The number of aromatic nitrogens is 1. The number of ketones is 1. The number of nitrogens with one attached hydrogen (secondary N) is 1. The summed E-state index contributed by atoms with van der Waals surface area (Å²) in [6, 6.07) is 1.58. The molecule has 1 heterocycles. The van der Waals surface area contributed by atoms with Crippen molar-refractivity contribution < 1.29 is 23.6 Å². The predicted molar refractivity (Wildman–Crippen MR) is 84.0 cm³/mol. The molecule has 24 heavy (non-hydrogen) atoms. The number of hydrogen-bond acceptors (Lipinski definition) is 6. The van der Waals surface area contributed by atoms with Crippen LogP contribution in [0.15, 0.2) is 10.6 Å². The lowest BCUT2D eigenvalue weighted by atomic mass is 9.67. The van der Waals surface area contributed by atoms with E-state index in [0.29, 0.717) is 24.4 Å². The van der Waals surface area contributed by atoms with Crippen LogP contribution in [0.5, 0.6) is 0 Å². The molecule has 0 radical (unpaired) electrons. The first kappa shape index (κ1) is 16.7. The molecule has 3 rings (SSSR count). The molecule has 1 unspecified atom stereocenters. The van der Waals surface area contributed by atoms with Gasteiger partial charge in [-0.1, -0.05) is 11.6 Å². The van der Waals surface area contributed by atoms with Gasteiger partial charge in [0.2, 0.25) is 0 Å². The number of hydrogen-bond donors (Lipinski definition) is 1. The number of ether oxygens (including phenoxy) is 1. The number of aryl methyl sites for hydroxylation is 1. The van der Waals surface area contributed by atoms with E-state index in [1.807, 2.05) is 0 Å². The lowest BCUT2D eigenvalue weighted by Crippen LogP contribution is -2.41. The van der Waals surface area contributed by atoms with Crippen molar-refractivity contribution in [3.05, 3.63) is 11.8 Å². The summed E-state index contributed by atoms with van der Waals surface area (Å²) in [5.41, 5.74) is 0. The third-order valence-corrected chi connectivity index (χ3v) is 4.92. The van der Waals surface area contributed by atoms with Crippen molar-refractivity contribution in [2.45, 2.75) is 52.1 Å². The highest BCUT2D eigenvalue weighted by Gasteiger charge is 2.42. The van der Waals surface area contributed by atoms with Gasteiger partial charge in [0.1, 0.15) is 11.5 Å². The second-order valence-corrected chi connectivity index (χ2v) is 6.79. The minimum absolute atomic E-state index is 0.0164. The molecule has 2 aliphatic carbocycles. The molecular formula is C17H22N2O5. The van der Waals surface area contributed by atoms with E-state index in [2.05, 4.69) is 10.5 Å². The fourth-order valence-electron chi connectivity index (χ4n) is 3.65. The Kier molecular flexibility index (Phi) is 4.69. The van der Waals surface area contributed by atoms with Crippen LogP contribution in [0.4, 0.5) is 5.82 Å². The van der Waals surface area contributed by atoms with Crippen LogP contribution in [-0.2, 0) is 19.1 Å². The first-order valence-electron chi connectivity index (χ1n) is 8.42. The molecule has 0 aromatic carbocycles. The van der Waals surface area contributed by atoms with Crippen molar-refractivity contribution in [1.82, 2.24) is 5.16 Å². The number of carbonyl (C=O) groups is 3. The highest BCUT2D eigenvalue weighted by Crippen LogP contribution is 2.40. The van der Waals surface area contributed by atoms with Crippen molar-refractivity contribution in [2.24, 2.45) is 17.8 Å². The zero-order valence-electron chi connectivity index (χ0n) is 13.9. The maximum atomic E-state index is 12.4. The number of nitrogens with zero attached hydrogens (tertiary/aromatic N) is 1. The molecule has 2 aliphatic rings. The Morgan fingerprint density at radius 2 is 2.00 bits per heavy atom. The SMILES string of the molecule is Cc1cc(NC(=O)[C@@H](C)OC(=O)C2C[C@H]3CCC[C@@H](C2)C3=O)no1. The molecule has 0 spiro atoms. The highest BCUT2D eigenvalue weighted by molar-refractivity contribution is 5.94. The van der Waals surface area contributed by atoms with E-state index in [0.717, 1.165) is 19.3 Å². The average Bonchev–Trinajstić information content (AvgIpc) is 2.91. The maximum Gasteiger partial charge on any atom is 0.309 e. The fourth-order valence-corrected chi connectivity index (χ4v) is 3.65. The van der Waals surface area contributed by atoms with Gasteiger partial charge in [-0.05, 0) is 39.5 Å². The molecule has 1 aromatic heterocycles. The molecule has 4 atom stereocenters. The third kappa shape index (κ3) is 3.49. The van der Waals surface area contributed by atoms with Crippen molar-refractivity contribution in [3.8, 4) is 0 Å².